The monoisotopic (exact) mass is 438 g/mol. The van der Waals surface area contributed by atoms with Crippen molar-refractivity contribution in [3.63, 3.8) is 0 Å². The Morgan fingerprint density at radius 1 is 1.06 bits per heavy atom. The largest absolute Gasteiger partial charge is 0.492 e. The summed E-state index contributed by atoms with van der Waals surface area (Å²) in [6.45, 7) is 9.17. The van der Waals surface area contributed by atoms with Crippen LogP contribution >= 0.6 is 0 Å². The Bertz CT molecular complexity index is 889. The highest BCUT2D eigenvalue weighted by Crippen LogP contribution is 2.16. The Labute approximate surface area is 190 Å². The smallest absolute Gasteiger partial charge is 0.224 e. The van der Waals surface area contributed by atoms with E-state index in [0.29, 0.717) is 19.6 Å². The van der Waals surface area contributed by atoms with Gasteiger partial charge < -0.3 is 14.8 Å². The normalized spacial score (nSPS) is 14.2. The summed E-state index contributed by atoms with van der Waals surface area (Å²) >= 11 is 0. The zero-order valence-electron chi connectivity index (χ0n) is 19.2. The number of hydrogen-bond donors (Lipinski definition) is 1. The Kier molecular flexibility index (Phi) is 9.26. The Hall–Kier alpha value is -2.70. The Morgan fingerprint density at radius 3 is 2.47 bits per heavy atom. The third-order valence-electron chi connectivity index (χ3n) is 5.63. The summed E-state index contributed by atoms with van der Waals surface area (Å²) in [7, 11) is 0. The van der Waals surface area contributed by atoms with Crippen LogP contribution in [-0.4, -0.2) is 56.0 Å². The number of carbonyl (C=O) groups excluding carboxylic acids is 2. The van der Waals surface area contributed by atoms with Gasteiger partial charge in [-0.2, -0.15) is 0 Å². The minimum Gasteiger partial charge on any atom is -0.492 e. The van der Waals surface area contributed by atoms with Crippen molar-refractivity contribution in [3.8, 4) is 5.75 Å². The van der Waals surface area contributed by atoms with Gasteiger partial charge in [0.1, 0.15) is 12.4 Å². The molecule has 1 amide bonds. The minimum absolute atomic E-state index is 0.0290. The summed E-state index contributed by atoms with van der Waals surface area (Å²) in [6.07, 6.45) is 2.15. The van der Waals surface area contributed by atoms with Crippen molar-refractivity contribution in [1.29, 1.82) is 0 Å². The topological polar surface area (TPSA) is 67.9 Å². The maximum Gasteiger partial charge on any atom is 0.224 e. The molecule has 1 aliphatic heterocycles. The van der Waals surface area contributed by atoms with E-state index < -0.39 is 0 Å². The van der Waals surface area contributed by atoms with E-state index in [1.807, 2.05) is 42.5 Å². The molecular formula is C26H34N2O4. The number of Topliss-reactive ketones (excluding diaryl/α,β-unsaturated/α-hetero) is 1. The van der Waals surface area contributed by atoms with E-state index in [-0.39, 0.29) is 11.7 Å². The zero-order valence-corrected chi connectivity index (χ0v) is 19.2. The van der Waals surface area contributed by atoms with E-state index in [0.717, 1.165) is 73.7 Å². The minimum atomic E-state index is -0.0290. The number of hydrogen-bond acceptors (Lipinski definition) is 5. The molecular weight excluding hydrogens is 404 g/mol. The Balaban J connectivity index is 1.43. The van der Waals surface area contributed by atoms with Crippen LogP contribution in [0.4, 0.5) is 0 Å². The molecule has 6 nitrogen and oxygen atoms in total. The number of nitrogens with one attached hydrogen (secondary N) is 1. The number of benzene rings is 2. The van der Waals surface area contributed by atoms with Crippen LogP contribution in [0.3, 0.4) is 0 Å². The second-order valence-electron chi connectivity index (χ2n) is 8.20. The van der Waals surface area contributed by atoms with Crippen LogP contribution in [0.25, 0.3) is 0 Å². The molecule has 0 saturated carbocycles. The fourth-order valence-electron chi connectivity index (χ4n) is 3.85. The van der Waals surface area contributed by atoms with Crippen LogP contribution in [0.15, 0.2) is 42.5 Å². The summed E-state index contributed by atoms with van der Waals surface area (Å²) in [5, 5.41) is 2.98. The van der Waals surface area contributed by atoms with E-state index in [2.05, 4.69) is 17.1 Å². The van der Waals surface area contributed by atoms with E-state index >= 15 is 0 Å². The van der Waals surface area contributed by atoms with Crippen LogP contribution in [-0.2, 0) is 28.9 Å². The maximum absolute atomic E-state index is 12.4. The van der Waals surface area contributed by atoms with Gasteiger partial charge in [-0.15, -0.1) is 0 Å². The molecule has 0 unspecified atom stereocenters. The van der Waals surface area contributed by atoms with Crippen LogP contribution in [0.2, 0.25) is 0 Å². The van der Waals surface area contributed by atoms with Crippen molar-refractivity contribution >= 4 is 11.7 Å². The highest BCUT2D eigenvalue weighted by Gasteiger charge is 2.11. The molecule has 1 heterocycles. The average molecular weight is 439 g/mol. The zero-order chi connectivity index (χ0) is 22.8. The first-order valence-corrected chi connectivity index (χ1v) is 11.5. The van der Waals surface area contributed by atoms with Crippen molar-refractivity contribution in [2.75, 3.05) is 39.5 Å². The first kappa shape index (κ1) is 24.0. The standard InChI is InChI=1S/C26H34N2O4/c1-3-4-23-17-22(7-10-25(23)20(2)29)19-27-26(30)18-21-5-8-24(9-6-21)32-16-13-28-11-14-31-15-12-28/h5-10,17H,3-4,11-16,18-19H2,1-2H3,(H,27,30). The molecule has 0 aliphatic carbocycles. The van der Waals surface area contributed by atoms with E-state index in [1.54, 1.807) is 6.92 Å². The first-order chi connectivity index (χ1) is 15.5. The molecule has 0 aromatic heterocycles. The van der Waals surface area contributed by atoms with Gasteiger partial charge in [-0.25, -0.2) is 0 Å². The molecule has 1 fully saturated rings. The molecule has 6 heteroatoms. The first-order valence-electron chi connectivity index (χ1n) is 11.5. The summed E-state index contributed by atoms with van der Waals surface area (Å²) in [5.74, 6) is 0.868. The van der Waals surface area contributed by atoms with E-state index in [4.69, 9.17) is 9.47 Å². The molecule has 0 bridgehead atoms. The van der Waals surface area contributed by atoms with Gasteiger partial charge in [0.25, 0.3) is 0 Å². The molecule has 3 rings (SSSR count). The number of morpholine rings is 1. The molecule has 2 aromatic rings. The van der Waals surface area contributed by atoms with Gasteiger partial charge in [0.2, 0.25) is 5.91 Å². The van der Waals surface area contributed by atoms with Crippen molar-refractivity contribution in [1.82, 2.24) is 10.2 Å². The lowest BCUT2D eigenvalue weighted by Crippen LogP contribution is -2.38. The summed E-state index contributed by atoms with van der Waals surface area (Å²) in [6, 6.07) is 13.5. The van der Waals surface area contributed by atoms with Gasteiger partial charge in [-0.1, -0.05) is 43.7 Å². The number of nitrogens with zero attached hydrogens (tertiary/aromatic N) is 1. The summed E-state index contributed by atoms with van der Waals surface area (Å²) < 4.78 is 11.2. The molecule has 1 N–H and O–H groups in total. The molecule has 2 aromatic carbocycles. The molecule has 172 valence electrons. The maximum atomic E-state index is 12.4. The molecule has 1 saturated heterocycles. The Morgan fingerprint density at radius 2 is 1.78 bits per heavy atom. The summed E-state index contributed by atoms with van der Waals surface area (Å²) in [5.41, 5.74) is 3.78. The third kappa shape index (κ3) is 7.46. The van der Waals surface area contributed by atoms with Gasteiger partial charge >= 0.3 is 0 Å². The fourth-order valence-corrected chi connectivity index (χ4v) is 3.85. The second-order valence-corrected chi connectivity index (χ2v) is 8.20. The molecule has 0 spiro atoms. The lowest BCUT2D eigenvalue weighted by Gasteiger charge is -2.26. The van der Waals surface area contributed by atoms with Crippen LogP contribution < -0.4 is 10.1 Å². The highest BCUT2D eigenvalue weighted by atomic mass is 16.5. The van der Waals surface area contributed by atoms with Crippen molar-refractivity contribution in [2.45, 2.75) is 39.7 Å². The fraction of sp³-hybridized carbons (Fsp3) is 0.462. The van der Waals surface area contributed by atoms with Gasteiger partial charge in [-0.3, -0.25) is 14.5 Å². The lowest BCUT2D eigenvalue weighted by atomic mass is 9.98. The number of carbonyl (C=O) groups is 2. The van der Waals surface area contributed by atoms with Gasteiger partial charge in [0.15, 0.2) is 5.78 Å². The van der Waals surface area contributed by atoms with Crippen LogP contribution in [0.1, 0.15) is 47.3 Å². The van der Waals surface area contributed by atoms with Gasteiger partial charge in [-0.05, 0) is 42.2 Å². The van der Waals surface area contributed by atoms with Crippen molar-refractivity contribution < 1.29 is 19.1 Å². The average Bonchev–Trinajstić information content (AvgIpc) is 2.80. The van der Waals surface area contributed by atoms with Crippen molar-refractivity contribution in [2.24, 2.45) is 0 Å². The molecule has 32 heavy (non-hydrogen) atoms. The van der Waals surface area contributed by atoms with E-state index in [9.17, 15) is 9.59 Å². The number of amides is 1. The predicted molar refractivity (Wildman–Crippen MR) is 125 cm³/mol. The van der Waals surface area contributed by atoms with Gasteiger partial charge in [0, 0.05) is 31.7 Å². The number of rotatable bonds is 11. The second kappa shape index (κ2) is 12.4. The third-order valence-corrected chi connectivity index (χ3v) is 5.63. The number of ketones is 1. The quantitative estimate of drug-likeness (QED) is 0.545. The lowest BCUT2D eigenvalue weighted by molar-refractivity contribution is -0.120. The van der Waals surface area contributed by atoms with Crippen LogP contribution in [0, 0.1) is 0 Å². The van der Waals surface area contributed by atoms with Crippen molar-refractivity contribution in [3.05, 3.63) is 64.7 Å². The number of aryl methyl sites for hydroxylation is 1. The van der Waals surface area contributed by atoms with Crippen LogP contribution in [0.5, 0.6) is 5.75 Å². The molecule has 0 atom stereocenters. The van der Waals surface area contributed by atoms with E-state index in [1.165, 1.54) is 0 Å². The molecule has 1 aliphatic rings. The number of ether oxygens (including phenoxy) is 2. The highest BCUT2D eigenvalue weighted by molar-refractivity contribution is 5.95. The van der Waals surface area contributed by atoms with Gasteiger partial charge in [0.05, 0.1) is 19.6 Å². The SMILES string of the molecule is CCCc1cc(CNC(=O)Cc2ccc(OCCN3CCOCC3)cc2)ccc1C(C)=O. The molecule has 0 radical (unpaired) electrons. The predicted octanol–water partition coefficient (Wildman–Crippen LogP) is 3.41. The summed E-state index contributed by atoms with van der Waals surface area (Å²) in [4.78, 5) is 26.5.